The van der Waals surface area contributed by atoms with Crippen molar-refractivity contribution in [3.05, 3.63) is 27.7 Å². The smallest absolute Gasteiger partial charge is 0.332 e. The van der Waals surface area contributed by atoms with Crippen LogP contribution in [0.15, 0.2) is 21.5 Å². The Morgan fingerprint density at radius 3 is 2.50 bits per heavy atom. The Labute approximate surface area is 89.9 Å². The number of hydrogen-bond acceptors (Lipinski definition) is 3. The first-order valence-corrected chi connectivity index (χ1v) is 5.88. The summed E-state index contributed by atoms with van der Waals surface area (Å²) in [4.78, 5) is -0.445. The van der Waals surface area contributed by atoms with E-state index in [1.807, 2.05) is 0 Å². The summed E-state index contributed by atoms with van der Waals surface area (Å²) in [6.45, 7) is 1.37. The molecule has 1 aromatic rings. The summed E-state index contributed by atoms with van der Waals surface area (Å²) in [5, 5.41) is 8.89. The molecule has 0 bridgehead atoms. The second-order valence-corrected chi connectivity index (χ2v) is 4.99. The number of aliphatic hydroxyl groups excluding tert-OH is 1. The molecule has 1 aromatic carbocycles. The van der Waals surface area contributed by atoms with Crippen molar-refractivity contribution in [2.45, 2.75) is 18.4 Å². The van der Waals surface area contributed by atoms with Crippen LogP contribution in [0.2, 0.25) is 0 Å². The SMILES string of the molecule is Cc1c(Br)cc(S(=O)(=O)F)cc1CO. The molecule has 0 spiro atoms. The number of rotatable bonds is 2. The number of aliphatic hydroxyl groups is 1. The lowest BCUT2D eigenvalue weighted by Gasteiger charge is -2.06. The topological polar surface area (TPSA) is 54.4 Å². The number of hydrogen-bond donors (Lipinski definition) is 1. The van der Waals surface area contributed by atoms with E-state index in [1.54, 1.807) is 6.92 Å². The van der Waals surface area contributed by atoms with Crippen LogP contribution in [-0.4, -0.2) is 13.5 Å². The zero-order valence-corrected chi connectivity index (χ0v) is 9.69. The van der Waals surface area contributed by atoms with E-state index in [0.29, 0.717) is 15.6 Å². The first-order valence-electron chi connectivity index (χ1n) is 3.71. The summed E-state index contributed by atoms with van der Waals surface area (Å²) in [6.07, 6.45) is 0. The predicted molar refractivity (Wildman–Crippen MR) is 53.1 cm³/mol. The van der Waals surface area contributed by atoms with Crippen LogP contribution in [0.1, 0.15) is 11.1 Å². The lowest BCUT2D eigenvalue weighted by molar-refractivity contribution is 0.280. The summed E-state index contributed by atoms with van der Waals surface area (Å²) in [5.74, 6) is 0. The third-order valence-electron chi connectivity index (χ3n) is 1.88. The lowest BCUT2D eigenvalue weighted by atomic mass is 10.1. The molecule has 0 amide bonds. The highest BCUT2D eigenvalue weighted by Gasteiger charge is 2.15. The fraction of sp³-hybridized carbons (Fsp3) is 0.250. The van der Waals surface area contributed by atoms with E-state index in [1.165, 1.54) is 6.07 Å². The van der Waals surface area contributed by atoms with Crippen molar-refractivity contribution in [3.8, 4) is 0 Å². The van der Waals surface area contributed by atoms with Gasteiger partial charge in [-0.25, -0.2) is 0 Å². The molecule has 0 unspecified atom stereocenters. The van der Waals surface area contributed by atoms with Crippen LogP contribution in [0.4, 0.5) is 3.89 Å². The van der Waals surface area contributed by atoms with Crippen molar-refractivity contribution in [3.63, 3.8) is 0 Å². The van der Waals surface area contributed by atoms with Crippen LogP contribution in [0.5, 0.6) is 0 Å². The third-order valence-corrected chi connectivity index (χ3v) is 3.50. The summed E-state index contributed by atoms with van der Waals surface area (Å²) in [7, 11) is -4.72. The molecule has 0 heterocycles. The molecule has 6 heteroatoms. The largest absolute Gasteiger partial charge is 0.392 e. The van der Waals surface area contributed by atoms with E-state index < -0.39 is 15.1 Å². The molecule has 1 rings (SSSR count). The zero-order valence-electron chi connectivity index (χ0n) is 7.29. The second kappa shape index (κ2) is 3.96. The van der Waals surface area contributed by atoms with E-state index >= 15 is 0 Å². The van der Waals surface area contributed by atoms with Gasteiger partial charge in [0.2, 0.25) is 0 Å². The van der Waals surface area contributed by atoms with Gasteiger partial charge in [-0.05, 0) is 30.2 Å². The van der Waals surface area contributed by atoms with Crippen molar-refractivity contribution in [2.75, 3.05) is 0 Å². The van der Waals surface area contributed by atoms with Gasteiger partial charge in [0.1, 0.15) is 0 Å². The molecule has 1 N–H and O–H groups in total. The van der Waals surface area contributed by atoms with Crippen molar-refractivity contribution in [2.24, 2.45) is 0 Å². The molecule has 0 aromatic heterocycles. The average molecular weight is 283 g/mol. The first kappa shape index (κ1) is 11.6. The fourth-order valence-corrected chi connectivity index (χ4v) is 2.21. The van der Waals surface area contributed by atoms with Crippen LogP contribution in [0.3, 0.4) is 0 Å². The zero-order chi connectivity index (χ0) is 10.9. The Hall–Kier alpha value is -0.460. The highest BCUT2D eigenvalue weighted by Crippen LogP contribution is 2.25. The van der Waals surface area contributed by atoms with Gasteiger partial charge >= 0.3 is 10.2 Å². The van der Waals surface area contributed by atoms with Crippen molar-refractivity contribution >= 4 is 26.2 Å². The predicted octanol–water partition coefficient (Wildman–Crippen LogP) is 1.91. The molecular formula is C8H8BrFO3S. The minimum absolute atomic E-state index is 0.326. The molecular weight excluding hydrogens is 275 g/mol. The lowest BCUT2D eigenvalue weighted by Crippen LogP contribution is -1.97. The van der Waals surface area contributed by atoms with Crippen LogP contribution >= 0.6 is 15.9 Å². The van der Waals surface area contributed by atoms with Crippen LogP contribution in [-0.2, 0) is 16.8 Å². The Kier molecular flexibility index (Phi) is 3.28. The van der Waals surface area contributed by atoms with E-state index in [0.717, 1.165) is 6.07 Å². The van der Waals surface area contributed by atoms with Gasteiger partial charge in [-0.15, -0.1) is 3.89 Å². The van der Waals surface area contributed by atoms with E-state index in [-0.39, 0.29) is 6.61 Å². The Morgan fingerprint density at radius 2 is 2.07 bits per heavy atom. The molecule has 0 atom stereocenters. The molecule has 0 fully saturated rings. The average Bonchev–Trinajstić information content (AvgIpc) is 2.07. The van der Waals surface area contributed by atoms with Gasteiger partial charge in [0.15, 0.2) is 0 Å². The van der Waals surface area contributed by atoms with Crippen molar-refractivity contribution < 1.29 is 17.4 Å². The first-order chi connectivity index (χ1) is 6.36. The Balaban J connectivity index is 3.46. The van der Waals surface area contributed by atoms with Crippen molar-refractivity contribution in [1.82, 2.24) is 0 Å². The summed E-state index contributed by atoms with van der Waals surface area (Å²) in [5.41, 5.74) is 1.08. The molecule has 0 saturated heterocycles. The van der Waals surface area contributed by atoms with Gasteiger partial charge < -0.3 is 5.11 Å². The van der Waals surface area contributed by atoms with Gasteiger partial charge in [-0.3, -0.25) is 0 Å². The maximum absolute atomic E-state index is 12.6. The third kappa shape index (κ3) is 2.31. The van der Waals surface area contributed by atoms with Crippen LogP contribution in [0.25, 0.3) is 0 Å². The summed E-state index contributed by atoms with van der Waals surface area (Å²) >= 11 is 3.09. The molecule has 0 radical (unpaired) electrons. The standard InChI is InChI=1S/C8H8BrFO3S/c1-5-6(4-11)2-7(3-8(5)9)14(10,12)13/h2-3,11H,4H2,1H3. The quantitative estimate of drug-likeness (QED) is 0.843. The van der Waals surface area contributed by atoms with Gasteiger partial charge in [0, 0.05) is 4.47 Å². The normalized spacial score (nSPS) is 11.7. The molecule has 0 aliphatic carbocycles. The van der Waals surface area contributed by atoms with E-state index in [4.69, 9.17) is 5.11 Å². The molecule has 78 valence electrons. The van der Waals surface area contributed by atoms with Crippen LogP contribution < -0.4 is 0 Å². The number of halogens is 2. The van der Waals surface area contributed by atoms with Gasteiger partial charge in [-0.2, -0.15) is 8.42 Å². The Morgan fingerprint density at radius 1 is 1.50 bits per heavy atom. The molecule has 0 aliphatic heterocycles. The molecule has 0 aliphatic rings. The Bertz CT molecular complexity index is 456. The maximum Gasteiger partial charge on any atom is 0.332 e. The van der Waals surface area contributed by atoms with E-state index in [9.17, 15) is 12.3 Å². The van der Waals surface area contributed by atoms with Crippen molar-refractivity contribution in [1.29, 1.82) is 0 Å². The van der Waals surface area contributed by atoms with Crippen LogP contribution in [0, 0.1) is 6.92 Å². The van der Waals surface area contributed by atoms with Gasteiger partial charge in [-0.1, -0.05) is 15.9 Å². The number of benzene rings is 1. The summed E-state index contributed by atoms with van der Waals surface area (Å²) in [6, 6.07) is 2.29. The van der Waals surface area contributed by atoms with Gasteiger partial charge in [0.05, 0.1) is 11.5 Å². The molecule has 3 nitrogen and oxygen atoms in total. The van der Waals surface area contributed by atoms with E-state index in [2.05, 4.69) is 15.9 Å². The minimum Gasteiger partial charge on any atom is -0.392 e. The maximum atomic E-state index is 12.6. The highest BCUT2D eigenvalue weighted by atomic mass is 79.9. The highest BCUT2D eigenvalue weighted by molar-refractivity contribution is 9.10. The second-order valence-electron chi connectivity index (χ2n) is 2.79. The fourth-order valence-electron chi connectivity index (χ4n) is 1.01. The monoisotopic (exact) mass is 282 g/mol. The molecule has 14 heavy (non-hydrogen) atoms. The molecule has 0 saturated carbocycles. The summed E-state index contributed by atoms with van der Waals surface area (Å²) < 4.78 is 34.3. The van der Waals surface area contributed by atoms with Gasteiger partial charge in [0.25, 0.3) is 0 Å². The minimum atomic E-state index is -4.72.